The molecule has 112 valence electrons. The van der Waals surface area contributed by atoms with Crippen molar-refractivity contribution in [2.45, 2.75) is 26.4 Å². The van der Waals surface area contributed by atoms with E-state index < -0.39 is 11.7 Å². The molecule has 1 aromatic heterocycles. The third kappa shape index (κ3) is 3.71. The fourth-order valence-electron chi connectivity index (χ4n) is 1.90. The number of benzene rings is 1. The summed E-state index contributed by atoms with van der Waals surface area (Å²) in [6, 6.07) is 5.17. The minimum atomic E-state index is -4.36. The third-order valence-electron chi connectivity index (χ3n) is 2.97. The molecular weight excluding hydrogens is 279 g/mol. The topological polar surface area (TPSA) is 37.8 Å². The van der Waals surface area contributed by atoms with Gasteiger partial charge in [-0.25, -0.2) is 9.97 Å². The number of aromatic nitrogens is 2. The molecule has 0 radical (unpaired) electrons. The van der Waals surface area contributed by atoms with Crippen molar-refractivity contribution in [3.8, 4) is 11.3 Å². The number of nitrogens with zero attached hydrogens (tertiary/aromatic N) is 2. The van der Waals surface area contributed by atoms with Crippen molar-refractivity contribution in [3.05, 3.63) is 41.6 Å². The van der Waals surface area contributed by atoms with E-state index in [2.05, 4.69) is 15.3 Å². The third-order valence-corrected chi connectivity index (χ3v) is 2.97. The number of hydrogen-bond donors (Lipinski definition) is 1. The van der Waals surface area contributed by atoms with Crippen molar-refractivity contribution in [1.82, 2.24) is 9.97 Å². The summed E-state index contributed by atoms with van der Waals surface area (Å²) in [6.07, 6.45) is -1.84. The second kappa shape index (κ2) is 6.11. The minimum absolute atomic E-state index is 0.426. The number of aryl methyl sites for hydroxylation is 1. The molecule has 0 aliphatic carbocycles. The average molecular weight is 295 g/mol. The van der Waals surface area contributed by atoms with Crippen LogP contribution in [0.25, 0.3) is 11.3 Å². The smallest absolute Gasteiger partial charge is 0.354 e. The molecule has 0 atom stereocenters. The SMILES string of the molecule is CCCNc1ncc(C)c(-c2cccc(C(F)(F)F)c2)n1. The summed E-state index contributed by atoms with van der Waals surface area (Å²) in [5, 5.41) is 3.03. The van der Waals surface area contributed by atoms with E-state index in [1.54, 1.807) is 19.2 Å². The molecule has 2 aromatic rings. The second-order valence-electron chi connectivity index (χ2n) is 4.73. The Labute approximate surface area is 121 Å². The van der Waals surface area contributed by atoms with Gasteiger partial charge in [-0.3, -0.25) is 0 Å². The van der Waals surface area contributed by atoms with Crippen molar-refractivity contribution in [3.63, 3.8) is 0 Å². The van der Waals surface area contributed by atoms with E-state index in [0.29, 0.717) is 23.8 Å². The van der Waals surface area contributed by atoms with Crippen molar-refractivity contribution in [1.29, 1.82) is 0 Å². The summed E-state index contributed by atoms with van der Waals surface area (Å²) in [6.45, 7) is 4.50. The van der Waals surface area contributed by atoms with E-state index in [9.17, 15) is 13.2 Å². The van der Waals surface area contributed by atoms with E-state index in [1.807, 2.05) is 6.92 Å². The van der Waals surface area contributed by atoms with Gasteiger partial charge < -0.3 is 5.32 Å². The molecule has 1 heterocycles. The summed E-state index contributed by atoms with van der Waals surface area (Å²) < 4.78 is 38.4. The van der Waals surface area contributed by atoms with Gasteiger partial charge in [0.05, 0.1) is 11.3 Å². The molecule has 0 saturated carbocycles. The molecule has 0 aliphatic heterocycles. The maximum absolute atomic E-state index is 12.8. The summed E-state index contributed by atoms with van der Waals surface area (Å²) in [7, 11) is 0. The zero-order chi connectivity index (χ0) is 15.5. The van der Waals surface area contributed by atoms with Gasteiger partial charge in [0.15, 0.2) is 0 Å². The highest BCUT2D eigenvalue weighted by Crippen LogP contribution is 2.32. The summed E-state index contributed by atoms with van der Waals surface area (Å²) in [4.78, 5) is 8.44. The summed E-state index contributed by atoms with van der Waals surface area (Å²) in [5.41, 5.74) is 0.997. The van der Waals surface area contributed by atoms with Crippen molar-refractivity contribution >= 4 is 5.95 Å². The van der Waals surface area contributed by atoms with Crippen LogP contribution in [-0.4, -0.2) is 16.5 Å². The van der Waals surface area contributed by atoms with Gasteiger partial charge >= 0.3 is 6.18 Å². The average Bonchev–Trinajstić information content (AvgIpc) is 2.45. The number of nitrogens with one attached hydrogen (secondary N) is 1. The zero-order valence-corrected chi connectivity index (χ0v) is 11.8. The first-order valence-electron chi connectivity index (χ1n) is 6.67. The van der Waals surface area contributed by atoms with Gasteiger partial charge in [-0.15, -0.1) is 0 Å². The highest BCUT2D eigenvalue weighted by Gasteiger charge is 2.30. The fourth-order valence-corrected chi connectivity index (χ4v) is 1.90. The van der Waals surface area contributed by atoms with Crippen molar-refractivity contribution < 1.29 is 13.2 Å². The van der Waals surface area contributed by atoms with Gasteiger partial charge in [-0.2, -0.15) is 13.2 Å². The lowest BCUT2D eigenvalue weighted by Crippen LogP contribution is -2.07. The Morgan fingerprint density at radius 3 is 2.67 bits per heavy atom. The molecule has 1 aromatic carbocycles. The first-order chi connectivity index (χ1) is 9.91. The van der Waals surface area contributed by atoms with Crippen molar-refractivity contribution in [2.75, 3.05) is 11.9 Å². The highest BCUT2D eigenvalue weighted by atomic mass is 19.4. The molecule has 6 heteroatoms. The van der Waals surface area contributed by atoms with Gasteiger partial charge in [0.2, 0.25) is 5.95 Å². The highest BCUT2D eigenvalue weighted by molar-refractivity contribution is 5.64. The Kier molecular flexibility index (Phi) is 4.45. The van der Waals surface area contributed by atoms with Gasteiger partial charge in [-0.05, 0) is 31.0 Å². The Balaban J connectivity index is 2.41. The maximum atomic E-state index is 12.8. The molecule has 3 nitrogen and oxygen atoms in total. The minimum Gasteiger partial charge on any atom is -0.354 e. The standard InChI is InChI=1S/C15H16F3N3/c1-3-7-19-14-20-9-10(2)13(21-14)11-5-4-6-12(8-11)15(16,17)18/h4-6,8-9H,3,7H2,1-2H3,(H,19,20,21). The molecule has 0 unspecified atom stereocenters. The quantitative estimate of drug-likeness (QED) is 0.914. The van der Waals surface area contributed by atoms with Crippen LogP contribution in [0.1, 0.15) is 24.5 Å². The molecular formula is C15H16F3N3. The number of halogens is 3. The van der Waals surface area contributed by atoms with Crippen LogP contribution in [0.3, 0.4) is 0 Å². The molecule has 0 fully saturated rings. The van der Waals surface area contributed by atoms with E-state index in [1.165, 1.54) is 6.07 Å². The Hall–Kier alpha value is -2.11. The van der Waals surface area contributed by atoms with Crippen LogP contribution in [-0.2, 0) is 6.18 Å². The molecule has 0 spiro atoms. The molecule has 0 aliphatic rings. The normalized spacial score (nSPS) is 11.5. The Morgan fingerprint density at radius 2 is 2.00 bits per heavy atom. The first-order valence-corrected chi connectivity index (χ1v) is 6.67. The summed E-state index contributed by atoms with van der Waals surface area (Å²) in [5.74, 6) is 0.426. The Bertz CT molecular complexity index is 624. The van der Waals surface area contributed by atoms with Crippen LogP contribution in [0.4, 0.5) is 19.1 Å². The van der Waals surface area contributed by atoms with Gasteiger partial charge in [0.25, 0.3) is 0 Å². The van der Waals surface area contributed by atoms with E-state index in [4.69, 9.17) is 0 Å². The lowest BCUT2D eigenvalue weighted by atomic mass is 10.0. The summed E-state index contributed by atoms with van der Waals surface area (Å²) >= 11 is 0. The second-order valence-corrected chi connectivity index (χ2v) is 4.73. The lowest BCUT2D eigenvalue weighted by Gasteiger charge is -2.11. The molecule has 0 amide bonds. The van der Waals surface area contributed by atoms with Crippen LogP contribution in [0.5, 0.6) is 0 Å². The zero-order valence-electron chi connectivity index (χ0n) is 11.8. The van der Waals surface area contributed by atoms with Crippen LogP contribution >= 0.6 is 0 Å². The predicted molar refractivity (Wildman–Crippen MR) is 76.0 cm³/mol. The van der Waals surface area contributed by atoms with Crippen LogP contribution in [0, 0.1) is 6.92 Å². The first kappa shape index (κ1) is 15.3. The van der Waals surface area contributed by atoms with Crippen LogP contribution in [0.15, 0.2) is 30.5 Å². The van der Waals surface area contributed by atoms with Crippen LogP contribution < -0.4 is 5.32 Å². The van der Waals surface area contributed by atoms with Crippen LogP contribution in [0.2, 0.25) is 0 Å². The molecule has 21 heavy (non-hydrogen) atoms. The molecule has 0 saturated heterocycles. The molecule has 2 rings (SSSR count). The predicted octanol–water partition coefficient (Wildman–Crippen LogP) is 4.29. The maximum Gasteiger partial charge on any atom is 0.416 e. The van der Waals surface area contributed by atoms with Crippen molar-refractivity contribution in [2.24, 2.45) is 0 Å². The lowest BCUT2D eigenvalue weighted by molar-refractivity contribution is -0.137. The Morgan fingerprint density at radius 1 is 1.24 bits per heavy atom. The van der Waals surface area contributed by atoms with Gasteiger partial charge in [0, 0.05) is 18.3 Å². The molecule has 0 bridgehead atoms. The fraction of sp³-hybridized carbons (Fsp3) is 0.333. The largest absolute Gasteiger partial charge is 0.416 e. The number of alkyl halides is 3. The molecule has 1 N–H and O–H groups in total. The van der Waals surface area contributed by atoms with E-state index in [0.717, 1.165) is 24.1 Å². The van der Waals surface area contributed by atoms with E-state index in [-0.39, 0.29) is 0 Å². The number of hydrogen-bond acceptors (Lipinski definition) is 3. The number of anilines is 1. The monoisotopic (exact) mass is 295 g/mol. The van der Waals surface area contributed by atoms with Gasteiger partial charge in [0.1, 0.15) is 0 Å². The van der Waals surface area contributed by atoms with E-state index >= 15 is 0 Å². The number of rotatable bonds is 4. The van der Waals surface area contributed by atoms with Gasteiger partial charge in [-0.1, -0.05) is 19.1 Å².